The van der Waals surface area contributed by atoms with E-state index in [-0.39, 0.29) is 0 Å². The fraction of sp³-hybridized carbons (Fsp3) is 0.500. The predicted molar refractivity (Wildman–Crippen MR) is 78.1 cm³/mol. The van der Waals surface area contributed by atoms with Crippen molar-refractivity contribution < 1.29 is 19.4 Å². The SMILES string of the molecule is CC(C)(CC(N)c1cc2c(cc1Br)OCCO2)C(=O)O. The molecule has 1 aliphatic heterocycles. The zero-order valence-corrected chi connectivity index (χ0v) is 13.1. The van der Waals surface area contributed by atoms with E-state index in [1.165, 1.54) is 0 Å². The second-order valence-electron chi connectivity index (χ2n) is 5.52. The molecule has 5 nitrogen and oxygen atoms in total. The minimum atomic E-state index is -0.883. The number of rotatable bonds is 4. The minimum absolute atomic E-state index is 0.334. The molecule has 6 heteroatoms. The van der Waals surface area contributed by atoms with Crippen LogP contribution < -0.4 is 15.2 Å². The molecule has 0 saturated carbocycles. The van der Waals surface area contributed by atoms with Crippen LogP contribution in [0.1, 0.15) is 31.9 Å². The Morgan fingerprint density at radius 2 is 1.95 bits per heavy atom. The van der Waals surface area contributed by atoms with Crippen molar-refractivity contribution in [2.45, 2.75) is 26.3 Å². The topological polar surface area (TPSA) is 81.8 Å². The summed E-state index contributed by atoms with van der Waals surface area (Å²) in [5, 5.41) is 9.19. The second kappa shape index (κ2) is 5.61. The van der Waals surface area contributed by atoms with E-state index in [1.54, 1.807) is 13.8 Å². The molecule has 1 aromatic carbocycles. The Bertz CT molecular complexity index is 530. The number of fused-ring (bicyclic) bond motifs is 1. The van der Waals surface area contributed by atoms with Gasteiger partial charge in [0.2, 0.25) is 0 Å². The number of hydrogen-bond donors (Lipinski definition) is 2. The van der Waals surface area contributed by atoms with Crippen molar-refractivity contribution in [3.63, 3.8) is 0 Å². The number of ether oxygens (including phenoxy) is 2. The third-order valence-corrected chi connectivity index (χ3v) is 4.06. The van der Waals surface area contributed by atoms with Gasteiger partial charge in [-0.25, -0.2) is 0 Å². The van der Waals surface area contributed by atoms with E-state index in [0.29, 0.717) is 31.1 Å². The number of carboxylic acid groups (broad SMARTS) is 1. The van der Waals surface area contributed by atoms with Crippen LogP contribution in [0.4, 0.5) is 0 Å². The molecule has 0 fully saturated rings. The average molecular weight is 344 g/mol. The van der Waals surface area contributed by atoms with Crippen LogP contribution in [0, 0.1) is 5.41 Å². The van der Waals surface area contributed by atoms with E-state index in [0.717, 1.165) is 10.0 Å². The Morgan fingerprint density at radius 3 is 2.50 bits per heavy atom. The van der Waals surface area contributed by atoms with Gasteiger partial charge in [0.15, 0.2) is 11.5 Å². The summed E-state index contributed by atoms with van der Waals surface area (Å²) in [6.07, 6.45) is 0.334. The lowest BCUT2D eigenvalue weighted by molar-refractivity contribution is -0.147. The number of halogens is 1. The summed E-state index contributed by atoms with van der Waals surface area (Å²) < 4.78 is 11.8. The van der Waals surface area contributed by atoms with Crippen LogP contribution >= 0.6 is 15.9 Å². The van der Waals surface area contributed by atoms with Gasteiger partial charge in [-0.05, 0) is 38.0 Å². The highest BCUT2D eigenvalue weighted by Crippen LogP contribution is 2.39. The highest BCUT2D eigenvalue weighted by molar-refractivity contribution is 9.10. The molecule has 1 heterocycles. The maximum absolute atomic E-state index is 11.2. The van der Waals surface area contributed by atoms with Gasteiger partial charge in [0.05, 0.1) is 5.41 Å². The first-order chi connectivity index (χ1) is 9.31. The Morgan fingerprint density at radius 1 is 1.40 bits per heavy atom. The normalized spacial score (nSPS) is 15.8. The van der Waals surface area contributed by atoms with Gasteiger partial charge in [0, 0.05) is 10.5 Å². The fourth-order valence-electron chi connectivity index (χ4n) is 2.11. The molecule has 0 spiro atoms. The lowest BCUT2D eigenvalue weighted by Crippen LogP contribution is -2.29. The predicted octanol–water partition coefficient (Wildman–Crippen LogP) is 2.72. The Labute approximate surface area is 126 Å². The Balaban J connectivity index is 2.26. The molecule has 3 N–H and O–H groups in total. The van der Waals surface area contributed by atoms with Crippen molar-refractivity contribution in [3.05, 3.63) is 22.2 Å². The monoisotopic (exact) mass is 343 g/mol. The number of benzene rings is 1. The van der Waals surface area contributed by atoms with E-state index in [1.807, 2.05) is 12.1 Å². The molecule has 0 radical (unpaired) electrons. The highest BCUT2D eigenvalue weighted by atomic mass is 79.9. The quantitative estimate of drug-likeness (QED) is 0.878. The van der Waals surface area contributed by atoms with E-state index in [2.05, 4.69) is 15.9 Å². The third kappa shape index (κ3) is 3.07. The van der Waals surface area contributed by atoms with Crippen molar-refractivity contribution in [2.75, 3.05) is 13.2 Å². The highest BCUT2D eigenvalue weighted by Gasteiger charge is 2.31. The zero-order valence-electron chi connectivity index (χ0n) is 11.5. The van der Waals surface area contributed by atoms with Crippen LogP contribution in [0.25, 0.3) is 0 Å². The van der Waals surface area contributed by atoms with E-state index in [4.69, 9.17) is 15.2 Å². The van der Waals surface area contributed by atoms with Gasteiger partial charge in [0.25, 0.3) is 0 Å². The van der Waals surface area contributed by atoms with Crippen molar-refractivity contribution in [3.8, 4) is 11.5 Å². The van der Waals surface area contributed by atoms with Gasteiger partial charge in [-0.3, -0.25) is 4.79 Å². The minimum Gasteiger partial charge on any atom is -0.486 e. The molecular weight excluding hydrogens is 326 g/mol. The Hall–Kier alpha value is -1.27. The van der Waals surface area contributed by atoms with Crippen LogP contribution in [-0.2, 0) is 4.79 Å². The molecule has 0 aromatic heterocycles. The largest absolute Gasteiger partial charge is 0.486 e. The van der Waals surface area contributed by atoms with Crippen LogP contribution in [0.2, 0.25) is 0 Å². The average Bonchev–Trinajstić information content (AvgIpc) is 2.37. The smallest absolute Gasteiger partial charge is 0.309 e. The first-order valence-corrected chi connectivity index (χ1v) is 7.18. The van der Waals surface area contributed by atoms with Gasteiger partial charge >= 0.3 is 5.97 Å². The lowest BCUT2D eigenvalue weighted by atomic mass is 9.84. The number of aliphatic carboxylic acids is 1. The van der Waals surface area contributed by atoms with Crippen molar-refractivity contribution in [1.82, 2.24) is 0 Å². The fourth-order valence-corrected chi connectivity index (χ4v) is 2.73. The van der Waals surface area contributed by atoms with E-state index in [9.17, 15) is 9.90 Å². The number of nitrogens with two attached hydrogens (primary N) is 1. The molecule has 1 unspecified atom stereocenters. The standard InChI is InChI=1S/C14H18BrNO4/c1-14(2,13(17)18)7-10(16)8-5-11-12(6-9(8)15)20-4-3-19-11/h5-6,10H,3-4,7,16H2,1-2H3,(H,17,18). The van der Waals surface area contributed by atoms with Crippen molar-refractivity contribution in [1.29, 1.82) is 0 Å². The molecule has 1 atom stereocenters. The zero-order chi connectivity index (χ0) is 14.9. The van der Waals surface area contributed by atoms with Crippen LogP contribution in [0.15, 0.2) is 16.6 Å². The molecule has 1 aromatic rings. The number of hydrogen-bond acceptors (Lipinski definition) is 4. The summed E-state index contributed by atoms with van der Waals surface area (Å²) >= 11 is 3.46. The van der Waals surface area contributed by atoms with Crippen LogP contribution in [0.3, 0.4) is 0 Å². The van der Waals surface area contributed by atoms with Crippen molar-refractivity contribution in [2.24, 2.45) is 11.1 Å². The summed E-state index contributed by atoms with van der Waals surface area (Å²) in [5.41, 5.74) is 6.10. The molecule has 0 saturated heterocycles. The summed E-state index contributed by atoms with van der Waals surface area (Å²) in [6, 6.07) is 3.24. The number of carboxylic acids is 1. The van der Waals surface area contributed by atoms with E-state index < -0.39 is 17.4 Å². The molecule has 20 heavy (non-hydrogen) atoms. The summed E-state index contributed by atoms with van der Waals surface area (Å²) in [7, 11) is 0. The maximum atomic E-state index is 11.2. The van der Waals surface area contributed by atoms with Gasteiger partial charge in [-0.15, -0.1) is 0 Å². The van der Waals surface area contributed by atoms with Gasteiger partial charge in [0.1, 0.15) is 13.2 Å². The first kappa shape index (κ1) is 15.1. The van der Waals surface area contributed by atoms with Gasteiger partial charge in [-0.1, -0.05) is 15.9 Å². The molecular formula is C14H18BrNO4. The van der Waals surface area contributed by atoms with Crippen LogP contribution in [-0.4, -0.2) is 24.3 Å². The molecule has 0 aliphatic carbocycles. The van der Waals surface area contributed by atoms with E-state index >= 15 is 0 Å². The summed E-state index contributed by atoms with van der Waals surface area (Å²) in [6.45, 7) is 4.36. The molecule has 1 aliphatic rings. The maximum Gasteiger partial charge on any atom is 0.309 e. The summed E-state index contributed by atoms with van der Waals surface area (Å²) in [4.78, 5) is 11.2. The third-order valence-electron chi connectivity index (χ3n) is 3.37. The van der Waals surface area contributed by atoms with Crippen molar-refractivity contribution >= 4 is 21.9 Å². The molecule has 0 bridgehead atoms. The number of carbonyl (C=O) groups is 1. The molecule has 0 amide bonds. The van der Waals surface area contributed by atoms with Crippen LogP contribution in [0.5, 0.6) is 11.5 Å². The molecule has 2 rings (SSSR count). The summed E-state index contributed by atoms with van der Waals surface area (Å²) in [5.74, 6) is 0.469. The first-order valence-electron chi connectivity index (χ1n) is 6.39. The lowest BCUT2D eigenvalue weighted by Gasteiger charge is -2.26. The second-order valence-corrected chi connectivity index (χ2v) is 6.37. The van der Waals surface area contributed by atoms with Gasteiger partial charge < -0.3 is 20.3 Å². The molecule has 110 valence electrons. The van der Waals surface area contributed by atoms with Gasteiger partial charge in [-0.2, -0.15) is 0 Å². The Kier molecular flexibility index (Phi) is 4.25.